The van der Waals surface area contributed by atoms with Crippen LogP contribution in [0.15, 0.2) is 18.2 Å². The minimum Gasteiger partial charge on any atom is -0.126 e. The van der Waals surface area contributed by atoms with Gasteiger partial charge in [0.25, 0.3) is 0 Å². The Balaban J connectivity index is 2.24. The number of aryl methyl sites for hydroxylation is 2. The van der Waals surface area contributed by atoms with Crippen molar-refractivity contribution in [2.75, 3.05) is 5.88 Å². The topological polar surface area (TPSA) is 0 Å². The largest absolute Gasteiger partial charge is 0.126 e. The molecule has 1 fully saturated rings. The number of rotatable bonds is 3. The average molecular weight is 251 g/mol. The van der Waals surface area contributed by atoms with Gasteiger partial charge in [0.2, 0.25) is 0 Å². The molecule has 1 atom stereocenters. The van der Waals surface area contributed by atoms with Crippen LogP contribution >= 0.6 is 11.6 Å². The summed E-state index contributed by atoms with van der Waals surface area (Å²) >= 11 is 6.26. The Labute approximate surface area is 110 Å². The highest BCUT2D eigenvalue weighted by atomic mass is 35.5. The van der Waals surface area contributed by atoms with Crippen LogP contribution in [0.25, 0.3) is 0 Å². The molecule has 1 aliphatic rings. The molecular weight excluding hydrogens is 228 g/mol. The van der Waals surface area contributed by atoms with Gasteiger partial charge in [0.1, 0.15) is 0 Å². The van der Waals surface area contributed by atoms with Crippen molar-refractivity contribution >= 4 is 11.6 Å². The van der Waals surface area contributed by atoms with Gasteiger partial charge in [-0.05, 0) is 43.7 Å². The first-order valence-corrected chi connectivity index (χ1v) is 7.39. The molecule has 1 aliphatic carbocycles. The summed E-state index contributed by atoms with van der Waals surface area (Å²) in [6.07, 6.45) is 6.93. The van der Waals surface area contributed by atoms with E-state index in [1.807, 2.05) is 0 Å². The van der Waals surface area contributed by atoms with Gasteiger partial charge in [-0.1, -0.05) is 43.0 Å². The van der Waals surface area contributed by atoms with Gasteiger partial charge in [0.05, 0.1) is 0 Å². The summed E-state index contributed by atoms with van der Waals surface area (Å²) in [5, 5.41) is 0. The third-order valence-electron chi connectivity index (χ3n) is 4.22. The van der Waals surface area contributed by atoms with E-state index in [0.29, 0.717) is 5.92 Å². The number of alkyl halides is 1. The monoisotopic (exact) mass is 250 g/mol. The molecule has 0 N–H and O–H groups in total. The summed E-state index contributed by atoms with van der Waals surface area (Å²) in [6.45, 7) is 4.40. The van der Waals surface area contributed by atoms with Crippen LogP contribution in [0.5, 0.6) is 0 Å². The van der Waals surface area contributed by atoms with Crippen molar-refractivity contribution in [3.05, 3.63) is 34.9 Å². The maximum atomic E-state index is 6.26. The molecule has 0 nitrogen and oxygen atoms in total. The zero-order chi connectivity index (χ0) is 12.3. The molecule has 0 aromatic heterocycles. The van der Waals surface area contributed by atoms with Gasteiger partial charge in [-0.3, -0.25) is 0 Å². The molecule has 0 heterocycles. The molecule has 1 aromatic carbocycles. The van der Waals surface area contributed by atoms with E-state index in [9.17, 15) is 0 Å². The maximum Gasteiger partial charge on any atom is 0.0295 e. The summed E-state index contributed by atoms with van der Waals surface area (Å²) in [6, 6.07) is 6.79. The maximum absolute atomic E-state index is 6.26. The molecule has 0 amide bonds. The smallest absolute Gasteiger partial charge is 0.0295 e. The first-order valence-electron chi connectivity index (χ1n) is 6.85. The number of hydrogen-bond donors (Lipinski definition) is 0. The van der Waals surface area contributed by atoms with Crippen LogP contribution in [0.3, 0.4) is 0 Å². The molecule has 94 valence electrons. The van der Waals surface area contributed by atoms with E-state index in [2.05, 4.69) is 32.0 Å². The van der Waals surface area contributed by atoms with Crippen LogP contribution in [-0.2, 0) is 0 Å². The zero-order valence-corrected chi connectivity index (χ0v) is 11.8. The van der Waals surface area contributed by atoms with Crippen LogP contribution in [0.4, 0.5) is 0 Å². The van der Waals surface area contributed by atoms with Crippen LogP contribution in [0, 0.1) is 19.8 Å². The standard InChI is InChI=1S/C16H23Cl/c1-12-8-9-13(2)15(10-12)16(11-17)14-6-4-3-5-7-14/h8-10,14,16H,3-7,11H2,1-2H3. The summed E-state index contributed by atoms with van der Waals surface area (Å²) in [5.41, 5.74) is 4.26. The van der Waals surface area contributed by atoms with Crippen molar-refractivity contribution in [2.45, 2.75) is 51.9 Å². The quantitative estimate of drug-likeness (QED) is 0.647. The molecule has 0 bridgehead atoms. The van der Waals surface area contributed by atoms with E-state index in [-0.39, 0.29) is 0 Å². The fourth-order valence-electron chi connectivity index (χ4n) is 3.16. The molecule has 0 spiro atoms. The lowest BCUT2D eigenvalue weighted by atomic mass is 9.76. The Morgan fingerprint density at radius 3 is 2.53 bits per heavy atom. The molecule has 1 aromatic rings. The van der Waals surface area contributed by atoms with E-state index in [1.165, 1.54) is 48.8 Å². The third-order valence-corrected chi connectivity index (χ3v) is 4.55. The van der Waals surface area contributed by atoms with E-state index in [0.717, 1.165) is 11.8 Å². The second-order valence-electron chi connectivity index (χ2n) is 5.52. The minimum absolute atomic E-state index is 0.567. The lowest BCUT2D eigenvalue weighted by Crippen LogP contribution is -2.18. The highest BCUT2D eigenvalue weighted by Crippen LogP contribution is 2.38. The molecule has 0 aliphatic heterocycles. The van der Waals surface area contributed by atoms with Crippen LogP contribution in [0.2, 0.25) is 0 Å². The zero-order valence-electron chi connectivity index (χ0n) is 11.0. The SMILES string of the molecule is Cc1ccc(C)c(C(CCl)C2CCCCC2)c1. The summed E-state index contributed by atoms with van der Waals surface area (Å²) in [4.78, 5) is 0. The summed E-state index contributed by atoms with van der Waals surface area (Å²) in [5.74, 6) is 2.15. The van der Waals surface area contributed by atoms with E-state index >= 15 is 0 Å². The molecule has 17 heavy (non-hydrogen) atoms. The summed E-state index contributed by atoms with van der Waals surface area (Å²) in [7, 11) is 0. The van der Waals surface area contributed by atoms with Crippen LogP contribution in [-0.4, -0.2) is 5.88 Å². The van der Waals surface area contributed by atoms with E-state index < -0.39 is 0 Å². The molecule has 1 saturated carbocycles. The molecule has 0 radical (unpaired) electrons. The van der Waals surface area contributed by atoms with Crippen molar-refractivity contribution in [1.29, 1.82) is 0 Å². The van der Waals surface area contributed by atoms with Gasteiger partial charge >= 0.3 is 0 Å². The third kappa shape index (κ3) is 3.04. The minimum atomic E-state index is 0.567. The van der Waals surface area contributed by atoms with E-state index in [1.54, 1.807) is 0 Å². The van der Waals surface area contributed by atoms with Crippen molar-refractivity contribution in [3.8, 4) is 0 Å². The highest BCUT2D eigenvalue weighted by Gasteiger charge is 2.25. The predicted octanol–water partition coefficient (Wildman–Crippen LogP) is 5.21. The molecular formula is C16H23Cl. The van der Waals surface area contributed by atoms with Gasteiger partial charge in [-0.15, -0.1) is 11.6 Å². The molecule has 1 unspecified atom stereocenters. The number of halogens is 1. The van der Waals surface area contributed by atoms with Crippen molar-refractivity contribution in [1.82, 2.24) is 0 Å². The van der Waals surface area contributed by atoms with Crippen molar-refractivity contribution in [2.24, 2.45) is 5.92 Å². The molecule has 2 rings (SSSR count). The number of benzene rings is 1. The van der Waals surface area contributed by atoms with Gasteiger partial charge in [0.15, 0.2) is 0 Å². The Hall–Kier alpha value is -0.490. The average Bonchev–Trinajstić information content (AvgIpc) is 2.36. The van der Waals surface area contributed by atoms with Crippen LogP contribution in [0.1, 0.15) is 54.7 Å². The molecule has 1 heteroatoms. The lowest BCUT2D eigenvalue weighted by Gasteiger charge is -2.30. The Morgan fingerprint density at radius 2 is 1.88 bits per heavy atom. The van der Waals surface area contributed by atoms with Gasteiger partial charge < -0.3 is 0 Å². The van der Waals surface area contributed by atoms with Crippen molar-refractivity contribution in [3.63, 3.8) is 0 Å². The molecule has 0 saturated heterocycles. The highest BCUT2D eigenvalue weighted by molar-refractivity contribution is 6.18. The van der Waals surface area contributed by atoms with Crippen LogP contribution < -0.4 is 0 Å². The second-order valence-corrected chi connectivity index (χ2v) is 5.83. The van der Waals surface area contributed by atoms with Gasteiger partial charge in [0, 0.05) is 11.8 Å². The first-order chi connectivity index (χ1) is 8.22. The Morgan fingerprint density at radius 1 is 1.18 bits per heavy atom. The summed E-state index contributed by atoms with van der Waals surface area (Å²) < 4.78 is 0. The van der Waals surface area contributed by atoms with Crippen molar-refractivity contribution < 1.29 is 0 Å². The Kier molecular flexibility index (Phi) is 4.50. The fourth-order valence-corrected chi connectivity index (χ4v) is 3.58. The van der Waals surface area contributed by atoms with Gasteiger partial charge in [-0.2, -0.15) is 0 Å². The number of hydrogen-bond acceptors (Lipinski definition) is 0. The lowest BCUT2D eigenvalue weighted by molar-refractivity contribution is 0.317. The predicted molar refractivity (Wildman–Crippen MR) is 76.0 cm³/mol. The van der Waals surface area contributed by atoms with Gasteiger partial charge in [-0.25, -0.2) is 0 Å². The first kappa shape index (κ1) is 13.0. The normalized spacial score (nSPS) is 19.2. The van der Waals surface area contributed by atoms with E-state index in [4.69, 9.17) is 11.6 Å². The fraction of sp³-hybridized carbons (Fsp3) is 0.625. The second kappa shape index (κ2) is 5.91. The Bertz CT molecular complexity index is 364.